The second kappa shape index (κ2) is 12.7. The molecule has 0 saturated carbocycles. The molecule has 4 aliphatic heterocycles. The summed E-state index contributed by atoms with van der Waals surface area (Å²) in [6, 6.07) is 0. The number of esters is 1. The average molecular weight is 599 g/mol. The maximum atomic E-state index is 14.0. The molecule has 0 amide bonds. The Labute approximate surface area is 256 Å². The first-order valence-corrected chi connectivity index (χ1v) is 16.0. The second-order valence-corrected chi connectivity index (χ2v) is 13.6. The van der Waals surface area contributed by atoms with E-state index in [9.17, 15) is 20.1 Å². The number of fused-ring (bicyclic) bond motifs is 2. The van der Waals surface area contributed by atoms with Crippen LogP contribution in [0.5, 0.6) is 0 Å². The molecule has 0 aromatic carbocycles. The summed E-state index contributed by atoms with van der Waals surface area (Å²) in [4.78, 5) is 14.0. The van der Waals surface area contributed by atoms with Gasteiger partial charge in [-0.3, -0.25) is 4.79 Å². The quantitative estimate of drug-likeness (QED) is 0.306. The molecule has 2 bridgehead atoms. The summed E-state index contributed by atoms with van der Waals surface area (Å²) in [7, 11) is 0. The Morgan fingerprint density at radius 1 is 1.14 bits per heavy atom. The van der Waals surface area contributed by atoms with E-state index in [-0.39, 0.29) is 43.5 Å². The molecule has 3 fully saturated rings. The average Bonchev–Trinajstić information content (AvgIpc) is 3.28. The van der Waals surface area contributed by atoms with Crippen molar-refractivity contribution in [3.8, 4) is 0 Å². The lowest BCUT2D eigenvalue weighted by atomic mass is 9.71. The van der Waals surface area contributed by atoms with E-state index in [0.29, 0.717) is 24.0 Å². The third kappa shape index (κ3) is 6.37. The molecule has 238 valence electrons. The van der Waals surface area contributed by atoms with Gasteiger partial charge in [-0.05, 0) is 62.7 Å². The highest BCUT2D eigenvalue weighted by atomic mass is 16.7. The summed E-state index contributed by atoms with van der Waals surface area (Å²) in [5, 5.41) is 34.2. The maximum absolute atomic E-state index is 14.0. The number of ether oxygens (including phenoxy) is 4. The SMILES string of the molecule is CC/C=C(/C)[C@H]1O[C@@]2(C[C@@H]3C[C@@H](C/C=C(/C)C[C@@H](C)/C=C\C=C4\CO[C@@H]5[C@H](O)C(C)=C[C@@H](C(=O)O3)[C@]45O)O2)C[C@H](O)[C@@H]1C. The van der Waals surface area contributed by atoms with E-state index in [1.54, 1.807) is 13.0 Å². The van der Waals surface area contributed by atoms with Gasteiger partial charge < -0.3 is 34.3 Å². The minimum absolute atomic E-state index is 0.110. The zero-order valence-electron chi connectivity index (χ0n) is 26.5. The number of allylic oxidation sites excluding steroid dienone is 5. The van der Waals surface area contributed by atoms with Gasteiger partial charge in [-0.1, -0.05) is 62.8 Å². The standard InChI is InChI=1S/C35H50O8/c1-7-9-22(4)31-24(6)29(36)18-34(43-31)17-27-16-26(42-34)13-12-21(3)14-20(2)10-8-11-25-19-40-32-30(37)23(5)15-28(33(38)41-27)35(25,32)39/h8-12,15,20,24,26-32,36-37,39H,7,13-14,16-19H2,1-6H3/b10-8-,21-12-,22-9-,25-11-/t20-,24-,26+,27-,28-,29-,30+,31+,32+,34-,35+/m0/s1. The number of rotatable bonds is 2. The van der Waals surface area contributed by atoms with E-state index in [1.807, 2.05) is 26.0 Å². The Kier molecular flexibility index (Phi) is 9.58. The van der Waals surface area contributed by atoms with Crippen LogP contribution in [0.3, 0.4) is 0 Å². The second-order valence-electron chi connectivity index (χ2n) is 13.6. The fourth-order valence-electron chi connectivity index (χ4n) is 7.66. The molecule has 0 unspecified atom stereocenters. The molecule has 3 N–H and O–H groups in total. The third-order valence-corrected chi connectivity index (χ3v) is 10.0. The Hall–Kier alpha value is -2.07. The van der Waals surface area contributed by atoms with Gasteiger partial charge in [0.1, 0.15) is 29.8 Å². The van der Waals surface area contributed by atoms with Crippen molar-refractivity contribution in [3.05, 3.63) is 58.7 Å². The largest absolute Gasteiger partial charge is 0.462 e. The Balaban J connectivity index is 1.53. The number of hydrogen-bond donors (Lipinski definition) is 3. The molecule has 3 saturated heterocycles. The molecule has 5 rings (SSSR count). The van der Waals surface area contributed by atoms with Crippen LogP contribution in [0.4, 0.5) is 0 Å². The molecular formula is C35H50O8. The number of aliphatic hydroxyl groups excluding tert-OH is 2. The van der Waals surface area contributed by atoms with Crippen molar-refractivity contribution in [2.75, 3.05) is 6.61 Å². The van der Waals surface area contributed by atoms with Crippen LogP contribution in [-0.4, -0.2) is 75.9 Å². The van der Waals surface area contributed by atoms with Crippen LogP contribution in [0.1, 0.15) is 80.1 Å². The van der Waals surface area contributed by atoms with Crippen molar-refractivity contribution in [3.63, 3.8) is 0 Å². The first-order valence-electron chi connectivity index (χ1n) is 16.0. The summed E-state index contributed by atoms with van der Waals surface area (Å²) in [5.41, 5.74) is 1.64. The third-order valence-electron chi connectivity index (χ3n) is 10.0. The van der Waals surface area contributed by atoms with Gasteiger partial charge in [0.15, 0.2) is 5.79 Å². The molecule has 5 aliphatic rings. The van der Waals surface area contributed by atoms with Crippen LogP contribution in [0.15, 0.2) is 58.7 Å². The lowest BCUT2D eigenvalue weighted by Gasteiger charge is -2.51. The number of hydrogen-bond acceptors (Lipinski definition) is 8. The lowest BCUT2D eigenvalue weighted by molar-refractivity contribution is -0.342. The van der Waals surface area contributed by atoms with Crippen molar-refractivity contribution >= 4 is 5.97 Å². The molecule has 0 aromatic heterocycles. The van der Waals surface area contributed by atoms with Crippen LogP contribution in [0.25, 0.3) is 0 Å². The number of carbonyl (C=O) groups is 1. The zero-order valence-corrected chi connectivity index (χ0v) is 26.5. The fourth-order valence-corrected chi connectivity index (χ4v) is 7.66. The molecule has 1 spiro atoms. The molecule has 8 nitrogen and oxygen atoms in total. The van der Waals surface area contributed by atoms with Gasteiger partial charge >= 0.3 is 5.97 Å². The summed E-state index contributed by atoms with van der Waals surface area (Å²) < 4.78 is 25.6. The monoisotopic (exact) mass is 598 g/mol. The molecule has 1 aliphatic carbocycles. The van der Waals surface area contributed by atoms with Crippen LogP contribution >= 0.6 is 0 Å². The van der Waals surface area contributed by atoms with Gasteiger partial charge in [-0.2, -0.15) is 0 Å². The molecule has 0 aromatic rings. The number of aliphatic hydroxyl groups is 3. The molecule has 8 heteroatoms. The molecule has 11 atom stereocenters. The van der Waals surface area contributed by atoms with Crippen LogP contribution in [-0.2, 0) is 23.7 Å². The minimum atomic E-state index is -1.74. The predicted molar refractivity (Wildman–Crippen MR) is 163 cm³/mol. The first kappa shape index (κ1) is 32.3. The summed E-state index contributed by atoms with van der Waals surface area (Å²) in [6.07, 6.45) is 11.3. The maximum Gasteiger partial charge on any atom is 0.316 e. The van der Waals surface area contributed by atoms with E-state index < -0.39 is 47.7 Å². The molecule has 43 heavy (non-hydrogen) atoms. The van der Waals surface area contributed by atoms with Gasteiger partial charge in [0, 0.05) is 25.2 Å². The molecule has 0 radical (unpaired) electrons. The molecule has 4 heterocycles. The van der Waals surface area contributed by atoms with Crippen molar-refractivity contribution in [2.24, 2.45) is 17.8 Å². The van der Waals surface area contributed by atoms with E-state index in [2.05, 4.69) is 39.0 Å². The van der Waals surface area contributed by atoms with Gasteiger partial charge in [0.05, 0.1) is 24.9 Å². The highest BCUT2D eigenvalue weighted by Gasteiger charge is 2.60. The van der Waals surface area contributed by atoms with E-state index in [4.69, 9.17) is 18.9 Å². The normalized spacial score (nSPS) is 47.5. The highest BCUT2D eigenvalue weighted by molar-refractivity contribution is 5.78. The van der Waals surface area contributed by atoms with Crippen molar-refractivity contribution in [1.82, 2.24) is 0 Å². The highest BCUT2D eigenvalue weighted by Crippen LogP contribution is 2.47. The Morgan fingerprint density at radius 3 is 2.65 bits per heavy atom. The summed E-state index contributed by atoms with van der Waals surface area (Å²) in [6.45, 7) is 12.2. The Bertz CT molecular complexity index is 1210. The van der Waals surface area contributed by atoms with E-state index >= 15 is 0 Å². The lowest BCUT2D eigenvalue weighted by Crippen LogP contribution is -2.59. The van der Waals surface area contributed by atoms with Gasteiger partial charge in [0.2, 0.25) is 0 Å². The summed E-state index contributed by atoms with van der Waals surface area (Å²) in [5.74, 6) is -2.61. The van der Waals surface area contributed by atoms with Crippen LogP contribution in [0.2, 0.25) is 0 Å². The van der Waals surface area contributed by atoms with Crippen LogP contribution in [0, 0.1) is 17.8 Å². The summed E-state index contributed by atoms with van der Waals surface area (Å²) >= 11 is 0. The van der Waals surface area contributed by atoms with E-state index in [0.717, 1.165) is 18.4 Å². The molecular weight excluding hydrogens is 548 g/mol. The van der Waals surface area contributed by atoms with Crippen molar-refractivity contribution < 1.29 is 39.1 Å². The topological polar surface area (TPSA) is 115 Å². The van der Waals surface area contributed by atoms with Gasteiger partial charge in [0.25, 0.3) is 0 Å². The van der Waals surface area contributed by atoms with Gasteiger partial charge in [-0.25, -0.2) is 0 Å². The predicted octanol–water partition coefficient (Wildman–Crippen LogP) is 4.84. The van der Waals surface area contributed by atoms with E-state index in [1.165, 1.54) is 5.57 Å². The fraction of sp³-hybridized carbons (Fsp3) is 0.686. The van der Waals surface area contributed by atoms with Crippen molar-refractivity contribution in [1.29, 1.82) is 0 Å². The van der Waals surface area contributed by atoms with Crippen molar-refractivity contribution in [2.45, 2.75) is 128 Å². The smallest absolute Gasteiger partial charge is 0.316 e. The first-order chi connectivity index (χ1) is 20.4. The zero-order chi connectivity index (χ0) is 31.1. The van der Waals surface area contributed by atoms with Gasteiger partial charge in [-0.15, -0.1) is 0 Å². The minimum Gasteiger partial charge on any atom is -0.462 e. The Morgan fingerprint density at radius 2 is 1.91 bits per heavy atom. The van der Waals surface area contributed by atoms with Crippen LogP contribution < -0.4 is 0 Å². The number of carbonyl (C=O) groups excluding carboxylic acids is 1.